The minimum absolute atomic E-state index is 0.0404. The van der Waals surface area contributed by atoms with Crippen molar-refractivity contribution in [2.75, 3.05) is 6.61 Å². The Kier molecular flexibility index (Phi) is 4.98. The number of esters is 1. The van der Waals surface area contributed by atoms with Gasteiger partial charge in [-0.05, 0) is 45.4 Å². The summed E-state index contributed by atoms with van der Waals surface area (Å²) >= 11 is 0. The summed E-state index contributed by atoms with van der Waals surface area (Å²) in [7, 11) is 0. The summed E-state index contributed by atoms with van der Waals surface area (Å²) in [5.74, 6) is -1.000. The number of carbonyl (C=O) groups is 1. The second kappa shape index (κ2) is 6.77. The number of rotatable bonds is 4. The third kappa shape index (κ3) is 3.04. The molecule has 0 aliphatic heterocycles. The van der Waals surface area contributed by atoms with E-state index in [1.54, 1.807) is 26.0 Å². The van der Waals surface area contributed by atoms with Crippen LogP contribution in [-0.4, -0.2) is 17.1 Å². The second-order valence-electron chi connectivity index (χ2n) is 5.22. The van der Waals surface area contributed by atoms with E-state index in [4.69, 9.17) is 4.74 Å². The van der Waals surface area contributed by atoms with Crippen LogP contribution < -0.4 is 5.43 Å². The summed E-state index contributed by atoms with van der Waals surface area (Å²) in [6, 6.07) is 5.69. The first-order valence-corrected chi connectivity index (χ1v) is 7.59. The van der Waals surface area contributed by atoms with Gasteiger partial charge in [0.1, 0.15) is 11.4 Å². The van der Waals surface area contributed by atoms with Crippen LogP contribution in [0, 0.1) is 19.7 Å². The molecular weight excluding hydrogens is 297 g/mol. The average Bonchev–Trinajstić information content (AvgIpc) is 2.50. The number of pyridine rings is 1. The molecular formula is C18H20FNO3. The largest absolute Gasteiger partial charge is 0.462 e. The van der Waals surface area contributed by atoms with Gasteiger partial charge in [0.05, 0.1) is 6.61 Å². The Labute approximate surface area is 134 Å². The molecule has 0 aliphatic carbocycles. The van der Waals surface area contributed by atoms with Gasteiger partial charge in [-0.3, -0.25) is 4.79 Å². The molecule has 5 heteroatoms. The number of nitrogens with zero attached hydrogens (tertiary/aromatic N) is 1. The highest BCUT2D eigenvalue weighted by atomic mass is 19.1. The lowest BCUT2D eigenvalue weighted by molar-refractivity contribution is 0.0523. The lowest BCUT2D eigenvalue weighted by Crippen LogP contribution is -2.26. The van der Waals surface area contributed by atoms with Crippen LogP contribution in [0.4, 0.5) is 4.39 Å². The van der Waals surface area contributed by atoms with Crippen molar-refractivity contribution in [3.63, 3.8) is 0 Å². The van der Waals surface area contributed by atoms with Crippen molar-refractivity contribution in [2.24, 2.45) is 0 Å². The Morgan fingerprint density at radius 1 is 1.13 bits per heavy atom. The van der Waals surface area contributed by atoms with E-state index in [2.05, 4.69) is 0 Å². The molecule has 0 saturated heterocycles. The van der Waals surface area contributed by atoms with Gasteiger partial charge in [0, 0.05) is 23.5 Å². The Bertz CT molecular complexity index is 791. The molecule has 23 heavy (non-hydrogen) atoms. The van der Waals surface area contributed by atoms with Gasteiger partial charge in [-0.2, -0.15) is 0 Å². The molecule has 0 saturated carbocycles. The van der Waals surface area contributed by atoms with E-state index in [1.165, 1.54) is 12.1 Å². The Morgan fingerprint density at radius 2 is 1.74 bits per heavy atom. The van der Waals surface area contributed by atoms with Crippen molar-refractivity contribution in [1.29, 1.82) is 0 Å². The van der Waals surface area contributed by atoms with E-state index in [0.29, 0.717) is 23.4 Å². The smallest absolute Gasteiger partial charge is 0.343 e. The summed E-state index contributed by atoms with van der Waals surface area (Å²) in [6.45, 7) is 8.00. The number of ether oxygens (including phenoxy) is 1. The van der Waals surface area contributed by atoms with Crippen LogP contribution in [-0.2, 0) is 11.3 Å². The molecule has 0 bridgehead atoms. The molecule has 0 fully saturated rings. The number of hydrogen-bond acceptors (Lipinski definition) is 3. The maximum Gasteiger partial charge on any atom is 0.343 e. The Hall–Kier alpha value is -2.43. The van der Waals surface area contributed by atoms with Crippen molar-refractivity contribution >= 4 is 5.97 Å². The molecule has 2 rings (SSSR count). The Morgan fingerprint density at radius 3 is 2.26 bits per heavy atom. The standard InChI is InChI=1S/C18H20FNO3/c1-5-20-11(3)15(13-7-9-14(19)10-8-13)17(21)16(12(20)4)18(22)23-6-2/h7-10H,5-6H2,1-4H3. The van der Waals surface area contributed by atoms with Gasteiger partial charge in [0.15, 0.2) is 0 Å². The van der Waals surface area contributed by atoms with Gasteiger partial charge < -0.3 is 9.30 Å². The van der Waals surface area contributed by atoms with Gasteiger partial charge in [-0.1, -0.05) is 12.1 Å². The van der Waals surface area contributed by atoms with Crippen LogP contribution in [0.25, 0.3) is 11.1 Å². The van der Waals surface area contributed by atoms with Gasteiger partial charge in [-0.15, -0.1) is 0 Å². The zero-order valence-corrected chi connectivity index (χ0v) is 13.8. The highest BCUT2D eigenvalue weighted by Crippen LogP contribution is 2.23. The average molecular weight is 317 g/mol. The topological polar surface area (TPSA) is 48.3 Å². The molecule has 0 N–H and O–H groups in total. The number of halogens is 1. The van der Waals surface area contributed by atoms with Crippen LogP contribution in [0.2, 0.25) is 0 Å². The first-order chi connectivity index (χ1) is 10.9. The van der Waals surface area contributed by atoms with Crippen molar-refractivity contribution in [2.45, 2.75) is 34.2 Å². The lowest BCUT2D eigenvalue weighted by Gasteiger charge is -2.19. The van der Waals surface area contributed by atoms with Crippen molar-refractivity contribution in [3.8, 4) is 11.1 Å². The molecule has 0 radical (unpaired) electrons. The molecule has 1 aromatic heterocycles. The molecule has 2 aromatic rings. The number of benzene rings is 1. The van der Waals surface area contributed by atoms with Gasteiger partial charge in [-0.25, -0.2) is 9.18 Å². The summed E-state index contributed by atoms with van der Waals surface area (Å²) in [6.07, 6.45) is 0. The summed E-state index contributed by atoms with van der Waals surface area (Å²) in [5, 5.41) is 0. The first-order valence-electron chi connectivity index (χ1n) is 7.59. The second-order valence-corrected chi connectivity index (χ2v) is 5.22. The lowest BCUT2D eigenvalue weighted by atomic mass is 9.99. The third-order valence-corrected chi connectivity index (χ3v) is 3.92. The van der Waals surface area contributed by atoms with E-state index in [9.17, 15) is 14.0 Å². The highest BCUT2D eigenvalue weighted by Gasteiger charge is 2.23. The predicted octanol–water partition coefficient (Wildman–Crippen LogP) is 3.47. The fourth-order valence-corrected chi connectivity index (χ4v) is 2.85. The quantitative estimate of drug-likeness (QED) is 0.811. The van der Waals surface area contributed by atoms with Crippen LogP contribution >= 0.6 is 0 Å². The minimum atomic E-state index is -0.624. The summed E-state index contributed by atoms with van der Waals surface area (Å²) in [5.41, 5.74) is 1.98. The van der Waals surface area contributed by atoms with E-state index in [-0.39, 0.29) is 23.4 Å². The normalized spacial score (nSPS) is 10.7. The van der Waals surface area contributed by atoms with Gasteiger partial charge in [0.2, 0.25) is 5.43 Å². The van der Waals surface area contributed by atoms with Crippen molar-refractivity contribution < 1.29 is 13.9 Å². The molecule has 4 nitrogen and oxygen atoms in total. The SMILES string of the molecule is CCOC(=O)c1c(C)n(CC)c(C)c(-c2ccc(F)cc2)c1=O. The van der Waals surface area contributed by atoms with Gasteiger partial charge in [0.25, 0.3) is 0 Å². The van der Waals surface area contributed by atoms with Crippen molar-refractivity contribution in [3.05, 3.63) is 57.3 Å². The van der Waals surface area contributed by atoms with E-state index < -0.39 is 5.97 Å². The van der Waals surface area contributed by atoms with Crippen molar-refractivity contribution in [1.82, 2.24) is 4.57 Å². The van der Waals surface area contributed by atoms with E-state index in [0.717, 1.165) is 5.69 Å². The Balaban J connectivity index is 2.81. The van der Waals surface area contributed by atoms with Crippen LogP contribution in [0.3, 0.4) is 0 Å². The molecule has 0 aliphatic rings. The van der Waals surface area contributed by atoms with Crippen LogP contribution in [0.1, 0.15) is 35.6 Å². The highest BCUT2D eigenvalue weighted by molar-refractivity contribution is 5.92. The summed E-state index contributed by atoms with van der Waals surface area (Å²) < 4.78 is 20.1. The fraction of sp³-hybridized carbons (Fsp3) is 0.333. The maximum atomic E-state index is 13.2. The molecule has 0 unspecified atom stereocenters. The number of aromatic nitrogens is 1. The maximum absolute atomic E-state index is 13.2. The molecule has 1 aromatic carbocycles. The number of hydrogen-bond donors (Lipinski definition) is 0. The van der Waals surface area contributed by atoms with Crippen LogP contribution in [0.15, 0.2) is 29.1 Å². The van der Waals surface area contributed by atoms with Gasteiger partial charge >= 0.3 is 5.97 Å². The molecule has 122 valence electrons. The summed E-state index contributed by atoms with van der Waals surface area (Å²) in [4.78, 5) is 25.1. The zero-order chi connectivity index (χ0) is 17.1. The molecule has 1 heterocycles. The third-order valence-electron chi connectivity index (χ3n) is 3.92. The predicted molar refractivity (Wildman–Crippen MR) is 87.2 cm³/mol. The van der Waals surface area contributed by atoms with Crippen LogP contribution in [0.5, 0.6) is 0 Å². The minimum Gasteiger partial charge on any atom is -0.462 e. The molecule has 0 spiro atoms. The zero-order valence-electron chi connectivity index (χ0n) is 13.8. The van der Waals surface area contributed by atoms with E-state index in [1.807, 2.05) is 18.4 Å². The number of carbonyl (C=O) groups excluding carboxylic acids is 1. The van der Waals surface area contributed by atoms with E-state index >= 15 is 0 Å². The monoisotopic (exact) mass is 317 g/mol. The first kappa shape index (κ1) is 16.9. The molecule has 0 atom stereocenters. The molecule has 0 amide bonds. The fourth-order valence-electron chi connectivity index (χ4n) is 2.85.